The maximum atomic E-state index is 12.9. The van der Waals surface area contributed by atoms with Crippen LogP contribution in [0.5, 0.6) is 0 Å². The van der Waals surface area contributed by atoms with Crippen LogP contribution in [0.25, 0.3) is 0 Å². The molecule has 2 aromatic carbocycles. The Bertz CT molecular complexity index is 837. The van der Waals surface area contributed by atoms with Crippen LogP contribution in [-0.2, 0) is 16.1 Å². The van der Waals surface area contributed by atoms with Gasteiger partial charge in [-0.3, -0.25) is 14.5 Å². The van der Waals surface area contributed by atoms with Crippen molar-refractivity contribution in [3.8, 4) is 0 Å². The maximum absolute atomic E-state index is 12.9. The first-order valence-electron chi connectivity index (χ1n) is 9.88. The van der Waals surface area contributed by atoms with Crippen molar-refractivity contribution in [1.29, 1.82) is 0 Å². The van der Waals surface area contributed by atoms with Crippen molar-refractivity contribution in [1.82, 2.24) is 15.5 Å². The van der Waals surface area contributed by atoms with Crippen molar-refractivity contribution < 1.29 is 14.0 Å². The van der Waals surface area contributed by atoms with Crippen molar-refractivity contribution in [2.45, 2.75) is 40.3 Å². The van der Waals surface area contributed by atoms with Crippen molar-refractivity contribution in [2.24, 2.45) is 0 Å². The van der Waals surface area contributed by atoms with Crippen LogP contribution in [0.15, 0.2) is 42.5 Å². The number of nitrogens with zero attached hydrogens (tertiary/aromatic N) is 1. The molecule has 0 radical (unpaired) electrons. The highest BCUT2D eigenvalue weighted by Crippen LogP contribution is 2.16. The summed E-state index contributed by atoms with van der Waals surface area (Å²) in [5.41, 5.74) is 4.29. The summed E-state index contributed by atoms with van der Waals surface area (Å²) in [5.74, 6) is -0.603. The van der Waals surface area contributed by atoms with E-state index < -0.39 is 0 Å². The lowest BCUT2D eigenvalue weighted by atomic mass is 10.0. The molecule has 2 amide bonds. The molecular weight excluding hydrogens is 369 g/mol. The predicted molar refractivity (Wildman–Crippen MR) is 113 cm³/mol. The summed E-state index contributed by atoms with van der Waals surface area (Å²) in [6.07, 6.45) is 0. The van der Waals surface area contributed by atoms with Crippen LogP contribution >= 0.6 is 0 Å². The number of likely N-dealkylation sites (N-methyl/N-ethyl adjacent to an activating group) is 1. The molecule has 0 aliphatic rings. The molecule has 1 unspecified atom stereocenters. The lowest BCUT2D eigenvalue weighted by molar-refractivity contribution is -0.125. The predicted octanol–water partition coefficient (Wildman–Crippen LogP) is 3.26. The number of amides is 2. The van der Waals surface area contributed by atoms with Crippen molar-refractivity contribution in [2.75, 3.05) is 19.6 Å². The van der Waals surface area contributed by atoms with E-state index in [1.54, 1.807) is 17.0 Å². The largest absolute Gasteiger partial charge is 0.351 e. The van der Waals surface area contributed by atoms with E-state index in [1.807, 2.05) is 19.9 Å². The molecule has 0 saturated heterocycles. The first kappa shape index (κ1) is 22.6. The smallest absolute Gasteiger partial charge is 0.234 e. The van der Waals surface area contributed by atoms with Gasteiger partial charge in [0.1, 0.15) is 5.82 Å². The highest BCUT2D eigenvalue weighted by molar-refractivity contribution is 5.81. The van der Waals surface area contributed by atoms with E-state index in [2.05, 4.69) is 36.6 Å². The molecule has 5 nitrogen and oxygen atoms in total. The summed E-state index contributed by atoms with van der Waals surface area (Å²) in [6.45, 7) is 9.15. The monoisotopic (exact) mass is 399 g/mol. The van der Waals surface area contributed by atoms with Crippen LogP contribution in [0.1, 0.15) is 42.1 Å². The summed E-state index contributed by atoms with van der Waals surface area (Å²) in [6, 6.07) is 12.0. The van der Waals surface area contributed by atoms with Gasteiger partial charge < -0.3 is 10.6 Å². The SMILES string of the molecule is CCN(CC(=O)NCc1ccc(F)cc1)CC(=O)NC(C)c1ccc(C)c(C)c1. The molecule has 2 rings (SSSR count). The molecule has 0 saturated carbocycles. The van der Waals surface area contributed by atoms with Crippen LogP contribution in [0.3, 0.4) is 0 Å². The van der Waals surface area contributed by atoms with Gasteiger partial charge in [0.05, 0.1) is 19.1 Å². The molecule has 0 heterocycles. The second kappa shape index (κ2) is 10.7. The Morgan fingerprint density at radius 1 is 1.00 bits per heavy atom. The van der Waals surface area contributed by atoms with E-state index in [1.165, 1.54) is 23.3 Å². The van der Waals surface area contributed by atoms with Crippen molar-refractivity contribution in [3.63, 3.8) is 0 Å². The topological polar surface area (TPSA) is 61.4 Å². The fourth-order valence-electron chi connectivity index (χ4n) is 2.95. The Morgan fingerprint density at radius 3 is 2.28 bits per heavy atom. The fraction of sp³-hybridized carbons (Fsp3) is 0.391. The van der Waals surface area contributed by atoms with Crippen LogP contribution in [0, 0.1) is 19.7 Å². The van der Waals surface area contributed by atoms with Crippen LogP contribution < -0.4 is 10.6 Å². The minimum atomic E-state index is -0.307. The molecule has 6 heteroatoms. The summed E-state index contributed by atoms with van der Waals surface area (Å²) in [7, 11) is 0. The van der Waals surface area contributed by atoms with Crippen LogP contribution in [0.2, 0.25) is 0 Å². The van der Waals surface area contributed by atoms with E-state index in [0.29, 0.717) is 13.1 Å². The Morgan fingerprint density at radius 2 is 1.66 bits per heavy atom. The number of carbonyl (C=O) groups excluding carboxylic acids is 2. The van der Waals surface area contributed by atoms with Gasteiger partial charge in [-0.15, -0.1) is 0 Å². The minimum absolute atomic E-state index is 0.104. The second-order valence-electron chi connectivity index (χ2n) is 7.34. The molecule has 0 bridgehead atoms. The number of hydrogen-bond acceptors (Lipinski definition) is 3. The van der Waals surface area contributed by atoms with Crippen LogP contribution in [0.4, 0.5) is 4.39 Å². The Kier molecular flexibility index (Phi) is 8.34. The number of nitrogens with one attached hydrogen (secondary N) is 2. The highest BCUT2D eigenvalue weighted by Gasteiger charge is 2.15. The average molecular weight is 400 g/mol. The van der Waals surface area contributed by atoms with E-state index in [-0.39, 0.29) is 36.8 Å². The number of hydrogen-bond donors (Lipinski definition) is 2. The zero-order valence-electron chi connectivity index (χ0n) is 17.6. The van der Waals surface area contributed by atoms with Gasteiger partial charge in [-0.25, -0.2) is 4.39 Å². The van der Waals surface area contributed by atoms with Gasteiger partial charge in [-0.1, -0.05) is 37.3 Å². The van der Waals surface area contributed by atoms with Gasteiger partial charge in [0, 0.05) is 6.54 Å². The molecular formula is C23H30FN3O2. The summed E-state index contributed by atoms with van der Waals surface area (Å²) in [4.78, 5) is 26.4. The first-order chi connectivity index (χ1) is 13.8. The van der Waals surface area contributed by atoms with Crippen molar-refractivity contribution in [3.05, 3.63) is 70.5 Å². The zero-order valence-corrected chi connectivity index (χ0v) is 17.6. The third-order valence-corrected chi connectivity index (χ3v) is 4.99. The Hall–Kier alpha value is -2.73. The maximum Gasteiger partial charge on any atom is 0.234 e. The number of aryl methyl sites for hydroxylation is 2. The molecule has 0 aromatic heterocycles. The van der Waals surface area contributed by atoms with Gasteiger partial charge in [-0.05, 0) is 61.7 Å². The number of benzene rings is 2. The molecule has 2 N–H and O–H groups in total. The Balaban J connectivity index is 1.81. The molecule has 0 fully saturated rings. The first-order valence-corrected chi connectivity index (χ1v) is 9.88. The molecule has 2 aromatic rings. The zero-order chi connectivity index (χ0) is 21.4. The molecule has 0 aliphatic carbocycles. The Labute approximate surface area is 172 Å². The molecule has 29 heavy (non-hydrogen) atoms. The quantitative estimate of drug-likeness (QED) is 0.680. The van der Waals surface area contributed by atoms with Gasteiger partial charge in [-0.2, -0.15) is 0 Å². The normalized spacial score (nSPS) is 11.9. The van der Waals surface area contributed by atoms with E-state index in [0.717, 1.165) is 11.1 Å². The molecule has 156 valence electrons. The second-order valence-corrected chi connectivity index (χ2v) is 7.34. The van der Waals surface area contributed by atoms with Gasteiger partial charge >= 0.3 is 0 Å². The highest BCUT2D eigenvalue weighted by atomic mass is 19.1. The molecule has 1 atom stereocenters. The number of halogens is 1. The fourth-order valence-corrected chi connectivity index (χ4v) is 2.95. The lowest BCUT2D eigenvalue weighted by Crippen LogP contribution is -2.43. The van der Waals surface area contributed by atoms with Crippen molar-refractivity contribution >= 4 is 11.8 Å². The minimum Gasteiger partial charge on any atom is -0.351 e. The summed E-state index contributed by atoms with van der Waals surface area (Å²) in [5, 5.41) is 5.80. The van der Waals surface area contributed by atoms with E-state index in [9.17, 15) is 14.0 Å². The van der Waals surface area contributed by atoms with Gasteiger partial charge in [0.2, 0.25) is 11.8 Å². The van der Waals surface area contributed by atoms with Crippen LogP contribution in [-0.4, -0.2) is 36.3 Å². The third-order valence-electron chi connectivity index (χ3n) is 4.99. The van der Waals surface area contributed by atoms with Gasteiger partial charge in [0.25, 0.3) is 0 Å². The third kappa shape index (κ3) is 7.31. The van der Waals surface area contributed by atoms with Gasteiger partial charge in [0.15, 0.2) is 0 Å². The summed E-state index contributed by atoms with van der Waals surface area (Å²) >= 11 is 0. The standard InChI is InChI=1S/C23H30FN3O2/c1-5-27(14-22(28)25-13-19-7-10-21(24)11-8-19)15-23(29)26-18(4)20-9-6-16(2)17(3)12-20/h6-12,18H,5,13-15H2,1-4H3,(H,25,28)(H,26,29). The lowest BCUT2D eigenvalue weighted by Gasteiger charge is -2.21. The summed E-state index contributed by atoms with van der Waals surface area (Å²) < 4.78 is 12.9. The average Bonchev–Trinajstić information content (AvgIpc) is 2.69. The number of carbonyl (C=O) groups is 2. The van der Waals surface area contributed by atoms with E-state index >= 15 is 0 Å². The molecule has 0 aliphatic heterocycles. The number of rotatable bonds is 9. The molecule has 0 spiro atoms. The van der Waals surface area contributed by atoms with E-state index in [4.69, 9.17) is 0 Å².